The highest BCUT2D eigenvalue weighted by Gasteiger charge is 2.36. The lowest BCUT2D eigenvalue weighted by molar-refractivity contribution is 0.0732. The topological polar surface area (TPSA) is 79.7 Å². The van der Waals surface area contributed by atoms with Crippen LogP contribution in [0.15, 0.2) is 65.8 Å². The molecule has 1 fully saturated rings. The van der Waals surface area contributed by atoms with Gasteiger partial charge in [0.05, 0.1) is 40.7 Å². The Morgan fingerprint density at radius 2 is 2.03 bits per heavy atom. The second kappa shape index (κ2) is 7.70. The largest absolute Gasteiger partial charge is 0.339 e. The maximum atomic E-state index is 13.8. The first kappa shape index (κ1) is 19.6. The van der Waals surface area contributed by atoms with E-state index in [1.165, 1.54) is 4.80 Å². The van der Waals surface area contributed by atoms with Gasteiger partial charge >= 0.3 is 0 Å². The molecule has 1 aliphatic heterocycles. The van der Waals surface area contributed by atoms with E-state index in [4.69, 9.17) is 4.98 Å². The van der Waals surface area contributed by atoms with Crippen molar-refractivity contribution in [3.05, 3.63) is 77.9 Å². The lowest BCUT2D eigenvalue weighted by Gasteiger charge is -2.24. The van der Waals surface area contributed by atoms with Gasteiger partial charge in [-0.05, 0) is 43.9 Å². The highest BCUT2D eigenvalue weighted by Crippen LogP contribution is 2.36. The third kappa shape index (κ3) is 3.42. The number of amides is 1. The van der Waals surface area contributed by atoms with Crippen molar-refractivity contribution in [3.63, 3.8) is 0 Å². The van der Waals surface area contributed by atoms with Crippen LogP contribution in [-0.2, 0) is 0 Å². The lowest BCUT2D eigenvalue weighted by atomic mass is 10.1. The number of carbonyl (C=O) groups excluding carboxylic acids is 1. The Labute approximate surface area is 184 Å². The van der Waals surface area contributed by atoms with E-state index >= 15 is 0 Å². The van der Waals surface area contributed by atoms with E-state index in [2.05, 4.69) is 27.8 Å². The van der Waals surface area contributed by atoms with Gasteiger partial charge in [0.1, 0.15) is 5.82 Å². The number of nitrogens with zero attached hydrogens (tertiary/aromatic N) is 5. The number of benzene rings is 2. The molecule has 1 aliphatic rings. The fraction of sp³-hybridized carbons (Fsp3) is 0.217. The molecule has 5 rings (SSSR count). The molecule has 1 atom stereocenters. The molecule has 3 heterocycles. The Bertz CT molecular complexity index is 1290. The first-order valence-corrected chi connectivity index (χ1v) is 11.2. The standard InChI is InChI=1S/C23H22N6OS/c1-14-7-8-18(29-24-9-10-25-29)16(11-14)23(30)28-13-15(2)12-19(28)22-26-17-5-4-6-20(31-3)21(17)27-22/h4-11,19H,2,12-13H2,1,3H3,(H,26,27)/t19-/m0/s1. The maximum absolute atomic E-state index is 13.8. The molecule has 2 aromatic carbocycles. The Hall–Kier alpha value is -3.39. The van der Waals surface area contributed by atoms with Crippen LogP contribution < -0.4 is 0 Å². The van der Waals surface area contributed by atoms with E-state index < -0.39 is 0 Å². The van der Waals surface area contributed by atoms with Gasteiger partial charge < -0.3 is 9.88 Å². The Kier molecular flexibility index (Phi) is 4.86. The molecular weight excluding hydrogens is 408 g/mol. The van der Waals surface area contributed by atoms with Crippen LogP contribution in [0.1, 0.15) is 34.2 Å². The zero-order chi connectivity index (χ0) is 21.5. The molecule has 31 heavy (non-hydrogen) atoms. The van der Waals surface area contributed by atoms with Crippen LogP contribution in [0.5, 0.6) is 0 Å². The summed E-state index contributed by atoms with van der Waals surface area (Å²) in [6.45, 7) is 6.63. The normalized spacial score (nSPS) is 16.4. The third-order valence-corrected chi connectivity index (χ3v) is 6.34. The number of imidazole rings is 1. The highest BCUT2D eigenvalue weighted by atomic mass is 32.2. The van der Waals surface area contributed by atoms with E-state index in [0.717, 1.165) is 32.9 Å². The van der Waals surface area contributed by atoms with Gasteiger partial charge in [-0.15, -0.1) is 11.8 Å². The van der Waals surface area contributed by atoms with Crippen molar-refractivity contribution in [3.8, 4) is 5.69 Å². The van der Waals surface area contributed by atoms with Gasteiger partial charge in [-0.25, -0.2) is 4.98 Å². The van der Waals surface area contributed by atoms with Crippen molar-refractivity contribution in [2.24, 2.45) is 0 Å². The molecule has 0 spiro atoms. The maximum Gasteiger partial charge on any atom is 0.257 e. The Morgan fingerprint density at radius 1 is 1.23 bits per heavy atom. The quantitative estimate of drug-likeness (QED) is 0.385. The molecule has 7 nitrogen and oxygen atoms in total. The predicted molar refractivity (Wildman–Crippen MR) is 122 cm³/mol. The minimum atomic E-state index is -0.193. The Balaban J connectivity index is 1.57. The van der Waals surface area contributed by atoms with E-state index in [0.29, 0.717) is 24.2 Å². The number of aryl methyl sites for hydroxylation is 1. The van der Waals surface area contributed by atoms with Crippen molar-refractivity contribution in [1.29, 1.82) is 0 Å². The smallest absolute Gasteiger partial charge is 0.257 e. The summed E-state index contributed by atoms with van der Waals surface area (Å²) in [6, 6.07) is 11.6. The van der Waals surface area contributed by atoms with Gasteiger partial charge in [-0.2, -0.15) is 15.0 Å². The summed E-state index contributed by atoms with van der Waals surface area (Å²) in [5.41, 5.74) is 5.15. The van der Waals surface area contributed by atoms with E-state index in [1.54, 1.807) is 24.2 Å². The summed E-state index contributed by atoms with van der Waals surface area (Å²) in [6.07, 6.45) is 5.94. The minimum absolute atomic E-state index is 0.0785. The molecule has 2 aromatic heterocycles. The van der Waals surface area contributed by atoms with E-state index in [1.807, 2.05) is 48.4 Å². The number of nitrogens with one attached hydrogen (secondary N) is 1. The Morgan fingerprint density at radius 3 is 2.81 bits per heavy atom. The fourth-order valence-corrected chi connectivity index (χ4v) is 4.67. The van der Waals surface area contributed by atoms with E-state index in [9.17, 15) is 4.79 Å². The van der Waals surface area contributed by atoms with Gasteiger partial charge in [-0.3, -0.25) is 4.79 Å². The van der Waals surface area contributed by atoms with Crippen molar-refractivity contribution in [2.75, 3.05) is 12.8 Å². The van der Waals surface area contributed by atoms with E-state index in [-0.39, 0.29) is 11.9 Å². The van der Waals surface area contributed by atoms with Crippen LogP contribution in [0.4, 0.5) is 0 Å². The van der Waals surface area contributed by atoms with Crippen LogP contribution in [0.2, 0.25) is 0 Å². The van der Waals surface area contributed by atoms with Gasteiger partial charge in [0, 0.05) is 11.4 Å². The van der Waals surface area contributed by atoms with Crippen molar-refractivity contribution in [2.45, 2.75) is 24.3 Å². The monoisotopic (exact) mass is 430 g/mol. The molecule has 1 saturated heterocycles. The first-order chi connectivity index (χ1) is 15.0. The van der Waals surface area contributed by atoms with Crippen LogP contribution in [0.25, 0.3) is 16.7 Å². The number of aromatic nitrogens is 5. The van der Waals surface area contributed by atoms with Gasteiger partial charge in [0.25, 0.3) is 5.91 Å². The molecule has 0 bridgehead atoms. The number of fused-ring (bicyclic) bond motifs is 1. The second-order valence-corrected chi connectivity index (χ2v) is 8.57. The predicted octanol–water partition coefficient (Wildman–Crippen LogP) is 4.32. The van der Waals surface area contributed by atoms with Gasteiger partial charge in [-0.1, -0.05) is 29.8 Å². The van der Waals surface area contributed by atoms with Gasteiger partial charge in [0.2, 0.25) is 0 Å². The van der Waals surface area contributed by atoms with Crippen molar-refractivity contribution >= 4 is 28.7 Å². The summed E-state index contributed by atoms with van der Waals surface area (Å²) in [4.78, 5) is 26.5. The average molecular weight is 431 g/mol. The third-order valence-electron chi connectivity index (χ3n) is 5.56. The zero-order valence-electron chi connectivity index (χ0n) is 17.4. The molecule has 0 aliphatic carbocycles. The summed E-state index contributed by atoms with van der Waals surface area (Å²) in [7, 11) is 0. The molecule has 156 valence electrons. The molecule has 4 aromatic rings. The van der Waals surface area contributed by atoms with Crippen LogP contribution in [0, 0.1) is 6.92 Å². The number of H-pyrrole nitrogens is 1. The number of rotatable bonds is 4. The molecule has 1 amide bonds. The molecular formula is C23H22N6OS. The number of hydrogen-bond donors (Lipinski definition) is 1. The fourth-order valence-electron chi connectivity index (χ4n) is 4.10. The minimum Gasteiger partial charge on any atom is -0.339 e. The molecule has 0 unspecified atom stereocenters. The number of hydrogen-bond acceptors (Lipinski definition) is 5. The van der Waals surface area contributed by atoms with Crippen molar-refractivity contribution in [1.82, 2.24) is 29.9 Å². The average Bonchev–Trinajstić information content (AvgIpc) is 3.51. The zero-order valence-corrected chi connectivity index (χ0v) is 18.2. The second-order valence-electron chi connectivity index (χ2n) is 7.72. The number of carbonyl (C=O) groups is 1. The first-order valence-electron chi connectivity index (χ1n) is 10.0. The number of likely N-dealkylation sites (tertiary alicyclic amines) is 1. The number of para-hydroxylation sites is 1. The summed E-state index contributed by atoms with van der Waals surface area (Å²) in [5.74, 6) is 0.708. The molecule has 0 radical (unpaired) electrons. The van der Waals surface area contributed by atoms with Crippen molar-refractivity contribution < 1.29 is 4.79 Å². The lowest BCUT2D eigenvalue weighted by Crippen LogP contribution is -2.32. The summed E-state index contributed by atoms with van der Waals surface area (Å²) in [5, 5.41) is 8.44. The summed E-state index contributed by atoms with van der Waals surface area (Å²) < 4.78 is 0. The van der Waals surface area contributed by atoms with Crippen LogP contribution in [0.3, 0.4) is 0 Å². The number of aromatic amines is 1. The highest BCUT2D eigenvalue weighted by molar-refractivity contribution is 7.98. The molecule has 8 heteroatoms. The summed E-state index contributed by atoms with van der Waals surface area (Å²) >= 11 is 1.67. The molecule has 0 saturated carbocycles. The van der Waals surface area contributed by atoms with Crippen LogP contribution >= 0.6 is 11.8 Å². The SMILES string of the molecule is C=C1C[C@@H](c2nc3cccc(SC)c3[nH]2)N(C(=O)c2cc(C)ccc2-n2nccn2)C1. The molecule has 1 N–H and O–H groups in total. The van der Waals surface area contributed by atoms with Gasteiger partial charge in [0.15, 0.2) is 0 Å². The number of thioether (sulfide) groups is 1. The van der Waals surface area contributed by atoms with Crippen LogP contribution in [-0.4, -0.2) is 48.6 Å².